The summed E-state index contributed by atoms with van der Waals surface area (Å²) in [6.45, 7) is 3.70. The Morgan fingerprint density at radius 3 is 3.11 bits per heavy atom. The van der Waals surface area contributed by atoms with Gasteiger partial charge in [0.1, 0.15) is 18.1 Å². The smallest absolute Gasteiger partial charge is 0.351 e. The molecule has 98 valence electrons. The monoisotopic (exact) mass is 251 g/mol. The highest BCUT2D eigenvalue weighted by Crippen LogP contribution is 2.30. The third kappa shape index (κ3) is 2.44. The minimum atomic E-state index is -0.395. The van der Waals surface area contributed by atoms with Gasteiger partial charge in [0, 0.05) is 13.3 Å². The molecule has 2 rings (SSSR count). The number of nitrogens with zero attached hydrogens (tertiary/aromatic N) is 2. The number of ether oxygens (including phenoxy) is 2. The molecule has 1 aromatic heterocycles. The van der Waals surface area contributed by atoms with Crippen molar-refractivity contribution in [3.05, 3.63) is 35.4 Å². The van der Waals surface area contributed by atoms with Crippen LogP contribution in [0.5, 0.6) is 0 Å². The average molecular weight is 251 g/mol. The second-order valence-electron chi connectivity index (χ2n) is 4.18. The number of aromatic nitrogens is 2. The number of nitrogen functional groups attached to an aromatic ring is 1. The van der Waals surface area contributed by atoms with Gasteiger partial charge in [0.15, 0.2) is 0 Å². The van der Waals surface area contributed by atoms with Crippen molar-refractivity contribution in [2.24, 2.45) is 0 Å². The fourth-order valence-electron chi connectivity index (χ4n) is 2.14. The number of hydrogen-bond donors (Lipinski definition) is 1. The lowest BCUT2D eigenvalue weighted by atomic mass is 10.1. The first-order valence-corrected chi connectivity index (χ1v) is 5.81. The van der Waals surface area contributed by atoms with Gasteiger partial charge >= 0.3 is 5.69 Å². The van der Waals surface area contributed by atoms with Crippen molar-refractivity contribution in [2.45, 2.75) is 31.3 Å². The molecule has 0 saturated carbocycles. The van der Waals surface area contributed by atoms with Gasteiger partial charge in [-0.05, 0) is 18.9 Å². The van der Waals surface area contributed by atoms with Crippen LogP contribution in [-0.4, -0.2) is 28.9 Å². The first-order chi connectivity index (χ1) is 8.65. The molecule has 6 heteroatoms. The number of methoxy groups -OCH3 is 1. The molecule has 0 radical (unpaired) electrons. The quantitative estimate of drug-likeness (QED) is 0.797. The number of hydrogen-bond acceptors (Lipinski definition) is 5. The first-order valence-electron chi connectivity index (χ1n) is 5.81. The molecular formula is C12H17N3O3. The second kappa shape index (κ2) is 5.32. The summed E-state index contributed by atoms with van der Waals surface area (Å²) in [7, 11) is 1.61. The minimum absolute atomic E-state index is 0.0815. The van der Waals surface area contributed by atoms with E-state index in [-0.39, 0.29) is 24.3 Å². The molecule has 1 saturated heterocycles. The summed E-state index contributed by atoms with van der Waals surface area (Å²) in [4.78, 5) is 15.4. The maximum absolute atomic E-state index is 11.7. The summed E-state index contributed by atoms with van der Waals surface area (Å²) in [5.74, 6) is 0.214. The molecule has 18 heavy (non-hydrogen) atoms. The molecule has 1 aliphatic heterocycles. The van der Waals surface area contributed by atoms with Gasteiger partial charge in [0.2, 0.25) is 0 Å². The van der Waals surface area contributed by atoms with E-state index in [1.165, 1.54) is 4.57 Å². The molecule has 6 nitrogen and oxygen atoms in total. The van der Waals surface area contributed by atoms with Crippen LogP contribution >= 0.6 is 0 Å². The van der Waals surface area contributed by atoms with Crippen molar-refractivity contribution in [1.29, 1.82) is 0 Å². The van der Waals surface area contributed by atoms with Gasteiger partial charge in [-0.1, -0.05) is 6.08 Å². The van der Waals surface area contributed by atoms with Gasteiger partial charge in [-0.2, -0.15) is 4.98 Å². The van der Waals surface area contributed by atoms with Crippen molar-refractivity contribution < 1.29 is 9.47 Å². The van der Waals surface area contributed by atoms with Crippen molar-refractivity contribution in [3.8, 4) is 0 Å². The minimum Gasteiger partial charge on any atom is -0.383 e. The molecule has 0 aromatic carbocycles. The Kier molecular flexibility index (Phi) is 3.78. The van der Waals surface area contributed by atoms with E-state index in [0.29, 0.717) is 0 Å². The van der Waals surface area contributed by atoms with Crippen LogP contribution in [-0.2, 0) is 9.47 Å². The largest absolute Gasteiger partial charge is 0.383 e. The molecule has 2 heterocycles. The molecule has 3 unspecified atom stereocenters. The zero-order valence-electron chi connectivity index (χ0n) is 10.3. The molecular weight excluding hydrogens is 234 g/mol. The van der Waals surface area contributed by atoms with Crippen LogP contribution in [0.15, 0.2) is 29.7 Å². The SMILES string of the molecule is C=CC(OC)C1CCC(n2ccc(N)nc2=O)O1. The fourth-order valence-corrected chi connectivity index (χ4v) is 2.14. The van der Waals surface area contributed by atoms with Crippen LogP contribution in [0.25, 0.3) is 0 Å². The third-order valence-electron chi connectivity index (χ3n) is 3.06. The molecule has 0 amide bonds. The third-order valence-corrected chi connectivity index (χ3v) is 3.06. The van der Waals surface area contributed by atoms with E-state index in [1.54, 1.807) is 25.4 Å². The Hall–Kier alpha value is -1.66. The summed E-state index contributed by atoms with van der Waals surface area (Å²) >= 11 is 0. The Morgan fingerprint density at radius 1 is 1.72 bits per heavy atom. The Bertz CT molecular complexity index is 486. The second-order valence-corrected chi connectivity index (χ2v) is 4.18. The first kappa shape index (κ1) is 12.8. The van der Waals surface area contributed by atoms with E-state index < -0.39 is 5.69 Å². The summed E-state index contributed by atoms with van der Waals surface area (Å²) in [6.07, 6.45) is 4.31. The molecule has 3 atom stereocenters. The maximum Gasteiger partial charge on any atom is 0.351 e. The molecule has 1 aliphatic rings. The fraction of sp³-hybridized carbons (Fsp3) is 0.500. The van der Waals surface area contributed by atoms with Crippen molar-refractivity contribution >= 4 is 5.82 Å². The molecule has 0 aliphatic carbocycles. The standard InChI is InChI=1S/C12H17N3O3/c1-3-8(17-2)9-4-5-11(18-9)15-7-6-10(13)14-12(15)16/h3,6-9,11H,1,4-5H2,2H3,(H2,13,14,16). The highest BCUT2D eigenvalue weighted by molar-refractivity contribution is 5.23. The summed E-state index contributed by atoms with van der Waals surface area (Å²) in [5, 5.41) is 0. The molecule has 0 bridgehead atoms. The zero-order chi connectivity index (χ0) is 13.1. The predicted molar refractivity (Wildman–Crippen MR) is 67.0 cm³/mol. The molecule has 2 N–H and O–H groups in total. The van der Waals surface area contributed by atoms with E-state index in [9.17, 15) is 4.79 Å². The lowest BCUT2D eigenvalue weighted by Gasteiger charge is -2.20. The predicted octanol–water partition coefficient (Wildman–Crippen LogP) is 0.704. The van der Waals surface area contributed by atoms with Crippen LogP contribution in [0.1, 0.15) is 19.1 Å². The van der Waals surface area contributed by atoms with Gasteiger partial charge < -0.3 is 15.2 Å². The van der Waals surface area contributed by atoms with Crippen molar-refractivity contribution in [1.82, 2.24) is 9.55 Å². The van der Waals surface area contributed by atoms with Gasteiger partial charge in [-0.15, -0.1) is 6.58 Å². The van der Waals surface area contributed by atoms with Gasteiger partial charge in [-0.25, -0.2) is 4.79 Å². The van der Waals surface area contributed by atoms with E-state index in [4.69, 9.17) is 15.2 Å². The van der Waals surface area contributed by atoms with Crippen LogP contribution < -0.4 is 11.4 Å². The van der Waals surface area contributed by atoms with E-state index in [0.717, 1.165) is 12.8 Å². The highest BCUT2D eigenvalue weighted by atomic mass is 16.6. The molecule has 1 fully saturated rings. The van der Waals surface area contributed by atoms with Gasteiger partial charge in [0.25, 0.3) is 0 Å². The maximum atomic E-state index is 11.7. The van der Waals surface area contributed by atoms with Crippen molar-refractivity contribution in [2.75, 3.05) is 12.8 Å². The van der Waals surface area contributed by atoms with Crippen LogP contribution in [0, 0.1) is 0 Å². The van der Waals surface area contributed by atoms with Gasteiger partial charge in [0.05, 0.1) is 6.10 Å². The molecule has 0 spiro atoms. The number of anilines is 1. The van der Waals surface area contributed by atoms with Gasteiger partial charge in [-0.3, -0.25) is 4.57 Å². The Balaban J connectivity index is 2.13. The van der Waals surface area contributed by atoms with Crippen LogP contribution in [0.3, 0.4) is 0 Å². The topological polar surface area (TPSA) is 79.4 Å². The average Bonchev–Trinajstić information content (AvgIpc) is 2.80. The van der Waals surface area contributed by atoms with Crippen LogP contribution in [0.2, 0.25) is 0 Å². The molecule has 1 aromatic rings. The normalized spacial score (nSPS) is 24.9. The summed E-state index contributed by atoms with van der Waals surface area (Å²) < 4.78 is 12.5. The summed E-state index contributed by atoms with van der Waals surface area (Å²) in [6, 6.07) is 1.58. The van der Waals surface area contributed by atoms with Crippen molar-refractivity contribution in [3.63, 3.8) is 0 Å². The lowest BCUT2D eigenvalue weighted by Crippen LogP contribution is -2.30. The summed E-state index contributed by atoms with van der Waals surface area (Å²) in [5.41, 5.74) is 5.05. The number of rotatable bonds is 4. The zero-order valence-corrected chi connectivity index (χ0v) is 10.3. The van der Waals surface area contributed by atoms with E-state index in [2.05, 4.69) is 11.6 Å². The number of nitrogens with two attached hydrogens (primary N) is 1. The van der Waals surface area contributed by atoms with Crippen LogP contribution in [0.4, 0.5) is 5.82 Å². The van der Waals surface area contributed by atoms with E-state index in [1.807, 2.05) is 0 Å². The lowest BCUT2D eigenvalue weighted by molar-refractivity contribution is -0.0579. The Labute approximate surface area is 105 Å². The Morgan fingerprint density at radius 2 is 2.50 bits per heavy atom. The van der Waals surface area contributed by atoms with E-state index >= 15 is 0 Å². The highest BCUT2D eigenvalue weighted by Gasteiger charge is 2.31.